The van der Waals surface area contributed by atoms with Crippen molar-refractivity contribution in [3.8, 4) is 0 Å². The van der Waals surface area contributed by atoms with Gasteiger partial charge in [-0.1, -0.05) is 155 Å². The number of ether oxygens (including phenoxy) is 2. The highest BCUT2D eigenvalue weighted by atomic mass is 16.7. The fraction of sp³-hybridized carbons (Fsp3) is 0.973. The molecule has 8 atom stereocenters. The van der Waals surface area contributed by atoms with Crippen LogP contribution >= 0.6 is 0 Å². The van der Waals surface area contributed by atoms with Crippen LogP contribution in [0, 0.1) is 0 Å². The molecule has 8 unspecified atom stereocenters. The molecule has 0 saturated carbocycles. The smallest absolute Gasteiger partial charge is 0.249 e. The molecule has 1 saturated heterocycles. The molecule has 1 amide bonds. The van der Waals surface area contributed by atoms with E-state index in [-0.39, 0.29) is 6.61 Å². The van der Waals surface area contributed by atoms with E-state index in [0.717, 1.165) is 51.4 Å². The fourth-order valence-electron chi connectivity index (χ4n) is 6.28. The Morgan fingerprint density at radius 3 is 1.51 bits per heavy atom. The molecule has 1 rings (SSSR count). The summed E-state index contributed by atoms with van der Waals surface area (Å²) >= 11 is 0. The van der Waals surface area contributed by atoms with E-state index in [1.807, 2.05) is 0 Å². The van der Waals surface area contributed by atoms with Crippen molar-refractivity contribution >= 4 is 5.91 Å². The molecule has 0 aromatic carbocycles. The van der Waals surface area contributed by atoms with Crippen LogP contribution in [0.3, 0.4) is 0 Å². The third-order valence-corrected chi connectivity index (χ3v) is 9.57. The summed E-state index contributed by atoms with van der Waals surface area (Å²) in [4.78, 5) is 12.9. The summed E-state index contributed by atoms with van der Waals surface area (Å²) in [5, 5.41) is 64.3. The normalized spacial score (nSPS) is 23.4. The van der Waals surface area contributed by atoms with Crippen molar-refractivity contribution < 1.29 is 44.9 Å². The molecule has 10 nitrogen and oxygen atoms in total. The predicted octanol–water partition coefficient (Wildman–Crippen LogP) is 5.41. The number of amides is 1. The Morgan fingerprint density at radius 2 is 1.06 bits per heavy atom. The lowest BCUT2D eigenvalue weighted by Crippen LogP contribution is -2.60. The van der Waals surface area contributed by atoms with E-state index in [2.05, 4.69) is 19.2 Å². The molecule has 1 fully saturated rings. The Kier molecular flexibility index (Phi) is 27.2. The second kappa shape index (κ2) is 28.9. The second-order valence-electron chi connectivity index (χ2n) is 13.9. The van der Waals surface area contributed by atoms with Gasteiger partial charge in [0.15, 0.2) is 6.29 Å². The van der Waals surface area contributed by atoms with Crippen molar-refractivity contribution in [3.63, 3.8) is 0 Å². The summed E-state index contributed by atoms with van der Waals surface area (Å²) in [5.41, 5.74) is 0. The van der Waals surface area contributed by atoms with E-state index in [9.17, 15) is 35.4 Å². The molecule has 0 aromatic rings. The van der Waals surface area contributed by atoms with Crippen molar-refractivity contribution in [2.45, 2.75) is 217 Å². The second-order valence-corrected chi connectivity index (χ2v) is 13.9. The molecule has 10 heteroatoms. The maximum Gasteiger partial charge on any atom is 0.249 e. The molecule has 0 aromatic heterocycles. The lowest BCUT2D eigenvalue weighted by Gasteiger charge is -2.40. The Balaban J connectivity index is 2.50. The van der Waals surface area contributed by atoms with E-state index in [1.54, 1.807) is 0 Å². The highest BCUT2D eigenvalue weighted by Gasteiger charge is 2.44. The van der Waals surface area contributed by atoms with Gasteiger partial charge >= 0.3 is 0 Å². The number of aliphatic hydroxyl groups excluding tert-OH is 6. The maximum absolute atomic E-state index is 12.9. The molecule has 280 valence electrons. The Labute approximate surface area is 286 Å². The molecular weight excluding hydrogens is 602 g/mol. The molecule has 1 aliphatic rings. The van der Waals surface area contributed by atoms with Crippen LogP contribution in [-0.2, 0) is 14.3 Å². The number of unbranched alkanes of at least 4 members (excludes halogenated alkanes) is 20. The van der Waals surface area contributed by atoms with Gasteiger partial charge in [0.05, 0.1) is 25.4 Å². The van der Waals surface area contributed by atoms with Gasteiger partial charge in [-0.15, -0.1) is 0 Å². The Bertz CT molecular complexity index is 728. The average molecular weight is 676 g/mol. The van der Waals surface area contributed by atoms with E-state index >= 15 is 0 Å². The highest BCUT2D eigenvalue weighted by Crippen LogP contribution is 2.23. The van der Waals surface area contributed by atoms with E-state index < -0.39 is 61.5 Å². The molecule has 0 aliphatic carbocycles. The van der Waals surface area contributed by atoms with Crippen molar-refractivity contribution in [2.24, 2.45) is 0 Å². The molecule has 0 radical (unpaired) electrons. The molecule has 1 heterocycles. The van der Waals surface area contributed by atoms with Gasteiger partial charge in [-0.25, -0.2) is 0 Å². The lowest BCUT2D eigenvalue weighted by molar-refractivity contribution is -0.302. The van der Waals surface area contributed by atoms with Gasteiger partial charge in [-0.3, -0.25) is 4.79 Å². The first-order chi connectivity index (χ1) is 22.8. The number of rotatable bonds is 31. The number of aliphatic hydroxyl groups is 6. The van der Waals surface area contributed by atoms with Gasteiger partial charge < -0.3 is 45.4 Å². The third kappa shape index (κ3) is 20.4. The van der Waals surface area contributed by atoms with Crippen LogP contribution < -0.4 is 5.32 Å². The van der Waals surface area contributed by atoms with Gasteiger partial charge in [-0.05, 0) is 12.8 Å². The lowest BCUT2D eigenvalue weighted by atomic mass is 9.99. The fourth-order valence-corrected chi connectivity index (χ4v) is 6.28. The van der Waals surface area contributed by atoms with Crippen molar-refractivity contribution in [3.05, 3.63) is 0 Å². The molecule has 0 bridgehead atoms. The first-order valence-electron chi connectivity index (χ1n) is 19.3. The Morgan fingerprint density at radius 1 is 0.638 bits per heavy atom. The monoisotopic (exact) mass is 676 g/mol. The average Bonchev–Trinajstić information content (AvgIpc) is 3.07. The topological polar surface area (TPSA) is 169 Å². The minimum Gasteiger partial charge on any atom is -0.394 e. The van der Waals surface area contributed by atoms with Crippen LogP contribution in [0.4, 0.5) is 0 Å². The first kappa shape index (κ1) is 44.2. The van der Waals surface area contributed by atoms with E-state index in [1.165, 1.54) is 89.9 Å². The van der Waals surface area contributed by atoms with Crippen LogP contribution in [0.25, 0.3) is 0 Å². The zero-order valence-electron chi connectivity index (χ0n) is 29.9. The van der Waals surface area contributed by atoms with E-state index in [4.69, 9.17) is 9.47 Å². The van der Waals surface area contributed by atoms with Crippen LogP contribution in [0.5, 0.6) is 0 Å². The standard InChI is InChI=1S/C37H73NO9/c1-3-5-7-9-11-13-15-16-18-19-21-23-25-30(40)29(28-46-37-35(44)34(43)33(42)32(27-39)47-37)38-36(45)31(41)26-24-22-20-17-14-12-10-8-6-4-2/h29-35,37,39-44H,3-28H2,1-2H3,(H,38,45). The summed E-state index contributed by atoms with van der Waals surface area (Å²) in [6.07, 6.45) is 17.3. The van der Waals surface area contributed by atoms with Crippen LogP contribution in [-0.4, -0.2) is 98.7 Å². The van der Waals surface area contributed by atoms with E-state index in [0.29, 0.717) is 12.8 Å². The summed E-state index contributed by atoms with van der Waals surface area (Å²) < 4.78 is 11.1. The van der Waals surface area contributed by atoms with Crippen molar-refractivity contribution in [1.82, 2.24) is 5.32 Å². The summed E-state index contributed by atoms with van der Waals surface area (Å²) in [7, 11) is 0. The zero-order valence-corrected chi connectivity index (χ0v) is 29.9. The minimum atomic E-state index is -1.59. The SMILES string of the molecule is CCCCCCCCCCCCCCC(O)C(COC1OC(CO)C(O)C(O)C1O)NC(=O)C(O)CCCCCCCCCCCC. The molecular formula is C37H73NO9. The quantitative estimate of drug-likeness (QED) is 0.0475. The zero-order chi connectivity index (χ0) is 34.7. The summed E-state index contributed by atoms with van der Waals surface area (Å²) in [6.45, 7) is 3.62. The van der Waals surface area contributed by atoms with Crippen LogP contribution in [0.1, 0.15) is 168 Å². The summed E-state index contributed by atoms with van der Waals surface area (Å²) in [6, 6.07) is -0.884. The molecule has 47 heavy (non-hydrogen) atoms. The van der Waals surface area contributed by atoms with Gasteiger partial charge in [0.25, 0.3) is 0 Å². The van der Waals surface area contributed by atoms with Crippen LogP contribution in [0.2, 0.25) is 0 Å². The van der Waals surface area contributed by atoms with Gasteiger partial charge in [0, 0.05) is 0 Å². The molecule has 0 spiro atoms. The third-order valence-electron chi connectivity index (χ3n) is 9.57. The molecule has 7 N–H and O–H groups in total. The minimum absolute atomic E-state index is 0.251. The summed E-state index contributed by atoms with van der Waals surface area (Å²) in [5.74, 6) is -0.586. The molecule has 1 aliphatic heterocycles. The first-order valence-corrected chi connectivity index (χ1v) is 19.3. The largest absolute Gasteiger partial charge is 0.394 e. The number of nitrogens with one attached hydrogen (secondary N) is 1. The Hall–Kier alpha value is -0.850. The number of carbonyl (C=O) groups excluding carboxylic acids is 1. The van der Waals surface area contributed by atoms with Gasteiger partial charge in [0.1, 0.15) is 30.5 Å². The number of carbonyl (C=O) groups is 1. The van der Waals surface area contributed by atoms with Crippen molar-refractivity contribution in [2.75, 3.05) is 13.2 Å². The van der Waals surface area contributed by atoms with Gasteiger partial charge in [0.2, 0.25) is 5.91 Å². The van der Waals surface area contributed by atoms with Crippen molar-refractivity contribution in [1.29, 1.82) is 0 Å². The number of hydrogen-bond acceptors (Lipinski definition) is 9. The maximum atomic E-state index is 12.9. The van der Waals surface area contributed by atoms with Gasteiger partial charge in [-0.2, -0.15) is 0 Å². The highest BCUT2D eigenvalue weighted by molar-refractivity contribution is 5.80. The van der Waals surface area contributed by atoms with Crippen LogP contribution in [0.15, 0.2) is 0 Å². The number of hydrogen-bond donors (Lipinski definition) is 7. The predicted molar refractivity (Wildman–Crippen MR) is 186 cm³/mol.